The van der Waals surface area contributed by atoms with E-state index in [1.54, 1.807) is 6.92 Å². The number of rotatable bonds is 1. The second kappa shape index (κ2) is 3.35. The molecule has 0 unspecified atom stereocenters. The molecule has 2 N–H and O–H groups in total. The number of likely N-dealkylation sites (tertiary alicyclic amines) is 1. The zero-order chi connectivity index (χ0) is 12.1. The summed E-state index contributed by atoms with van der Waals surface area (Å²) in [7, 11) is 0. The molecule has 1 aliphatic heterocycles. The van der Waals surface area contributed by atoms with E-state index in [9.17, 15) is 18.0 Å². The maximum atomic E-state index is 12.4. The van der Waals surface area contributed by atoms with Gasteiger partial charge in [0.05, 0.1) is 6.04 Å². The number of piperidine rings is 1. The van der Waals surface area contributed by atoms with E-state index in [0.29, 0.717) is 6.42 Å². The molecule has 2 fully saturated rings. The van der Waals surface area contributed by atoms with Gasteiger partial charge in [-0.2, -0.15) is 13.2 Å². The zero-order valence-electron chi connectivity index (χ0n) is 9.05. The van der Waals surface area contributed by atoms with E-state index in [0.717, 1.165) is 17.7 Å². The summed E-state index contributed by atoms with van der Waals surface area (Å²) in [5, 5.41) is 0. The Labute approximate surface area is 91.8 Å². The van der Waals surface area contributed by atoms with Gasteiger partial charge in [-0.15, -0.1) is 0 Å². The molecule has 1 aliphatic carbocycles. The Bertz CT molecular complexity index is 312. The molecule has 3 nitrogen and oxygen atoms in total. The van der Waals surface area contributed by atoms with Crippen molar-refractivity contribution in [1.29, 1.82) is 0 Å². The highest BCUT2D eigenvalue weighted by Gasteiger charge is 2.56. The molecule has 1 amide bonds. The topological polar surface area (TPSA) is 46.3 Å². The van der Waals surface area contributed by atoms with Gasteiger partial charge in [-0.1, -0.05) is 0 Å². The Balaban J connectivity index is 2.17. The Hall–Kier alpha value is -0.780. The van der Waals surface area contributed by atoms with Crippen molar-refractivity contribution in [3.05, 3.63) is 0 Å². The molecule has 1 heterocycles. The molecule has 92 valence electrons. The lowest BCUT2D eigenvalue weighted by atomic mass is 9.84. The second-order valence-electron chi connectivity index (χ2n) is 4.93. The molecule has 0 bridgehead atoms. The van der Waals surface area contributed by atoms with Gasteiger partial charge >= 0.3 is 6.18 Å². The summed E-state index contributed by atoms with van der Waals surface area (Å²) < 4.78 is 37.1. The average molecular weight is 236 g/mol. The van der Waals surface area contributed by atoms with Crippen LogP contribution in [0.3, 0.4) is 0 Å². The van der Waals surface area contributed by atoms with E-state index < -0.39 is 24.7 Å². The van der Waals surface area contributed by atoms with Gasteiger partial charge in [-0.3, -0.25) is 4.79 Å². The molecular weight excluding hydrogens is 221 g/mol. The number of carbonyl (C=O) groups excluding carboxylic acids is 1. The molecule has 2 rings (SSSR count). The van der Waals surface area contributed by atoms with Crippen LogP contribution in [0.25, 0.3) is 0 Å². The number of hydrogen-bond donors (Lipinski definition) is 1. The lowest BCUT2D eigenvalue weighted by molar-refractivity contribution is -0.173. The van der Waals surface area contributed by atoms with E-state index in [4.69, 9.17) is 5.73 Å². The van der Waals surface area contributed by atoms with Crippen LogP contribution in [0.4, 0.5) is 13.2 Å². The molecule has 6 heteroatoms. The number of halogens is 3. The van der Waals surface area contributed by atoms with Crippen LogP contribution in [0.1, 0.15) is 26.2 Å². The summed E-state index contributed by atoms with van der Waals surface area (Å²) >= 11 is 0. The molecule has 1 spiro atoms. The molecule has 0 aromatic rings. The number of nitrogens with two attached hydrogens (primary N) is 1. The fourth-order valence-corrected chi connectivity index (χ4v) is 2.62. The van der Waals surface area contributed by atoms with E-state index in [-0.39, 0.29) is 11.5 Å². The van der Waals surface area contributed by atoms with Crippen molar-refractivity contribution in [1.82, 2.24) is 4.90 Å². The second-order valence-corrected chi connectivity index (χ2v) is 4.93. The zero-order valence-corrected chi connectivity index (χ0v) is 9.05. The van der Waals surface area contributed by atoms with Crippen LogP contribution in [0.2, 0.25) is 0 Å². The van der Waals surface area contributed by atoms with Crippen molar-refractivity contribution in [3.8, 4) is 0 Å². The minimum atomic E-state index is -4.35. The summed E-state index contributed by atoms with van der Waals surface area (Å²) in [5.74, 6) is -0.567. The van der Waals surface area contributed by atoms with Crippen LogP contribution in [-0.4, -0.2) is 35.6 Å². The Kier molecular flexibility index (Phi) is 2.45. The number of carbonyl (C=O) groups is 1. The van der Waals surface area contributed by atoms with E-state index in [2.05, 4.69) is 0 Å². The highest BCUT2D eigenvalue weighted by atomic mass is 19.4. The van der Waals surface area contributed by atoms with Crippen molar-refractivity contribution in [3.63, 3.8) is 0 Å². The maximum Gasteiger partial charge on any atom is 0.406 e. The van der Waals surface area contributed by atoms with Gasteiger partial charge in [0.1, 0.15) is 6.54 Å². The highest BCUT2D eigenvalue weighted by molar-refractivity contribution is 5.83. The summed E-state index contributed by atoms with van der Waals surface area (Å²) in [4.78, 5) is 12.5. The van der Waals surface area contributed by atoms with Crippen molar-refractivity contribution in [2.75, 3.05) is 6.54 Å². The van der Waals surface area contributed by atoms with E-state index >= 15 is 0 Å². The molecule has 0 aromatic carbocycles. The first kappa shape index (κ1) is 11.7. The maximum absolute atomic E-state index is 12.4. The Morgan fingerprint density at radius 2 is 2.06 bits per heavy atom. The first-order chi connectivity index (χ1) is 7.25. The van der Waals surface area contributed by atoms with Crippen LogP contribution in [0.5, 0.6) is 0 Å². The molecule has 0 aromatic heterocycles. The first-order valence-corrected chi connectivity index (χ1v) is 5.38. The Morgan fingerprint density at radius 1 is 1.50 bits per heavy atom. The smallest absolute Gasteiger partial charge is 0.329 e. The van der Waals surface area contributed by atoms with E-state index in [1.165, 1.54) is 0 Å². The lowest BCUT2D eigenvalue weighted by Gasteiger charge is -2.42. The van der Waals surface area contributed by atoms with E-state index in [1.807, 2.05) is 0 Å². The minimum Gasteiger partial charge on any atom is -0.329 e. The van der Waals surface area contributed by atoms with Gasteiger partial charge in [-0.25, -0.2) is 0 Å². The molecule has 1 saturated heterocycles. The third-order valence-electron chi connectivity index (χ3n) is 3.82. The standard InChI is InChI=1S/C10H15F3N2O/c1-6-9(2-3-9)4-7(14)8(16)15(6)5-10(11,12)13/h6-7H,2-5,14H2,1H3/t6-,7+/m1/s1. The van der Waals surface area contributed by atoms with Crippen LogP contribution < -0.4 is 5.73 Å². The molecular formula is C10H15F3N2O. The third kappa shape index (κ3) is 1.90. The molecule has 2 aliphatic rings. The van der Waals surface area contributed by atoms with Gasteiger partial charge in [0.15, 0.2) is 0 Å². The average Bonchev–Trinajstić information content (AvgIpc) is 2.89. The summed E-state index contributed by atoms with van der Waals surface area (Å²) in [5.41, 5.74) is 5.47. The molecule has 16 heavy (non-hydrogen) atoms. The summed E-state index contributed by atoms with van der Waals surface area (Å²) in [6.45, 7) is 0.519. The van der Waals surface area contributed by atoms with Gasteiger partial charge in [0, 0.05) is 6.04 Å². The lowest BCUT2D eigenvalue weighted by Crippen LogP contribution is -2.59. The van der Waals surface area contributed by atoms with Gasteiger partial charge in [0.2, 0.25) is 5.91 Å². The fraction of sp³-hybridized carbons (Fsp3) is 0.900. The van der Waals surface area contributed by atoms with Gasteiger partial charge in [0.25, 0.3) is 0 Å². The minimum absolute atomic E-state index is 0.140. The van der Waals surface area contributed by atoms with Gasteiger partial charge < -0.3 is 10.6 Å². The summed E-state index contributed by atoms with van der Waals surface area (Å²) in [6, 6.07) is -1.11. The summed E-state index contributed by atoms with van der Waals surface area (Å²) in [6.07, 6.45) is -2.06. The van der Waals surface area contributed by atoms with Crippen LogP contribution in [0, 0.1) is 5.41 Å². The number of nitrogens with zero attached hydrogens (tertiary/aromatic N) is 1. The third-order valence-corrected chi connectivity index (χ3v) is 3.82. The van der Waals surface area contributed by atoms with Crippen molar-refractivity contribution in [2.45, 2.75) is 44.4 Å². The quantitative estimate of drug-likeness (QED) is 0.745. The van der Waals surface area contributed by atoms with Crippen LogP contribution >= 0.6 is 0 Å². The number of hydrogen-bond acceptors (Lipinski definition) is 2. The Morgan fingerprint density at radius 3 is 2.50 bits per heavy atom. The van der Waals surface area contributed by atoms with Crippen LogP contribution in [-0.2, 0) is 4.79 Å². The van der Waals surface area contributed by atoms with Crippen LogP contribution in [0.15, 0.2) is 0 Å². The largest absolute Gasteiger partial charge is 0.406 e. The molecule has 1 saturated carbocycles. The molecule has 2 atom stereocenters. The number of alkyl halides is 3. The normalized spacial score (nSPS) is 33.3. The molecule has 0 radical (unpaired) electrons. The van der Waals surface area contributed by atoms with Crippen molar-refractivity contribution >= 4 is 5.91 Å². The predicted molar refractivity (Wildman–Crippen MR) is 51.5 cm³/mol. The van der Waals surface area contributed by atoms with Gasteiger partial charge in [-0.05, 0) is 31.6 Å². The first-order valence-electron chi connectivity index (χ1n) is 5.38. The monoisotopic (exact) mass is 236 g/mol. The highest BCUT2D eigenvalue weighted by Crippen LogP contribution is 2.56. The number of amides is 1. The van der Waals surface area contributed by atoms with Crippen molar-refractivity contribution in [2.24, 2.45) is 11.1 Å². The fourth-order valence-electron chi connectivity index (χ4n) is 2.62. The SMILES string of the molecule is C[C@H]1N(CC(F)(F)F)C(=O)[C@@H](N)CC12CC2. The van der Waals surface area contributed by atoms with Crippen molar-refractivity contribution < 1.29 is 18.0 Å². The predicted octanol–water partition coefficient (Wildman–Crippen LogP) is 1.28.